The molecule has 0 atom stereocenters. The van der Waals surface area contributed by atoms with Gasteiger partial charge in [-0.2, -0.15) is 0 Å². The van der Waals surface area contributed by atoms with Gasteiger partial charge < -0.3 is 14.5 Å². The maximum atomic E-state index is 5.68. The predicted molar refractivity (Wildman–Crippen MR) is 60.9 cm³/mol. The molecular weight excluding hydrogens is 202 g/mol. The van der Waals surface area contributed by atoms with E-state index in [-0.39, 0.29) is 0 Å². The third-order valence-electron chi connectivity index (χ3n) is 3.27. The van der Waals surface area contributed by atoms with Crippen LogP contribution in [-0.2, 0) is 17.9 Å². The zero-order valence-corrected chi connectivity index (χ0v) is 9.58. The van der Waals surface area contributed by atoms with Gasteiger partial charge in [-0.15, -0.1) is 0 Å². The molecule has 2 aliphatic rings. The molecule has 3 heteroatoms. The van der Waals surface area contributed by atoms with E-state index in [9.17, 15) is 0 Å². The molecule has 1 aromatic heterocycles. The standard InChI is InChI=1S/C13H19NO2/c1-2-10(1)8-15-9-11-5-6-16-13(11)7-14-12-3-4-12/h5-6,10,12,14H,1-4,7-9H2. The van der Waals surface area contributed by atoms with Crippen molar-refractivity contribution in [3.05, 3.63) is 23.7 Å². The van der Waals surface area contributed by atoms with Gasteiger partial charge in [0.05, 0.1) is 19.4 Å². The van der Waals surface area contributed by atoms with Crippen molar-refractivity contribution in [3.63, 3.8) is 0 Å². The molecular formula is C13H19NO2. The highest BCUT2D eigenvalue weighted by Gasteiger charge is 2.22. The summed E-state index contributed by atoms with van der Waals surface area (Å²) in [5, 5.41) is 3.46. The number of rotatable bonds is 7. The average molecular weight is 221 g/mol. The Labute approximate surface area is 96.2 Å². The van der Waals surface area contributed by atoms with Crippen molar-refractivity contribution in [2.75, 3.05) is 6.61 Å². The number of hydrogen-bond donors (Lipinski definition) is 1. The summed E-state index contributed by atoms with van der Waals surface area (Å²) in [5.74, 6) is 1.88. The maximum absolute atomic E-state index is 5.68. The van der Waals surface area contributed by atoms with Crippen molar-refractivity contribution in [1.29, 1.82) is 0 Å². The van der Waals surface area contributed by atoms with Crippen molar-refractivity contribution in [2.45, 2.75) is 44.9 Å². The van der Waals surface area contributed by atoms with Crippen LogP contribution in [0.4, 0.5) is 0 Å². The Hall–Kier alpha value is -0.800. The Morgan fingerprint density at radius 2 is 2.19 bits per heavy atom. The van der Waals surface area contributed by atoms with Crippen LogP contribution in [0.5, 0.6) is 0 Å². The van der Waals surface area contributed by atoms with Gasteiger partial charge in [0.15, 0.2) is 0 Å². The first kappa shape index (κ1) is 10.4. The zero-order valence-electron chi connectivity index (χ0n) is 9.58. The zero-order chi connectivity index (χ0) is 10.8. The third-order valence-corrected chi connectivity index (χ3v) is 3.27. The normalized spacial score (nSPS) is 20.2. The quantitative estimate of drug-likeness (QED) is 0.768. The van der Waals surface area contributed by atoms with Crippen molar-refractivity contribution >= 4 is 0 Å². The molecule has 88 valence electrons. The van der Waals surface area contributed by atoms with Gasteiger partial charge in [0.25, 0.3) is 0 Å². The van der Waals surface area contributed by atoms with Gasteiger partial charge in [0.2, 0.25) is 0 Å². The molecule has 3 nitrogen and oxygen atoms in total. The minimum atomic E-state index is 0.703. The number of nitrogens with one attached hydrogen (secondary N) is 1. The van der Waals surface area contributed by atoms with Gasteiger partial charge in [-0.05, 0) is 37.7 Å². The first-order valence-electron chi connectivity index (χ1n) is 6.28. The molecule has 0 aliphatic heterocycles. The van der Waals surface area contributed by atoms with Gasteiger partial charge in [0.1, 0.15) is 5.76 Å². The molecule has 0 bridgehead atoms. The Balaban J connectivity index is 1.45. The Bertz CT molecular complexity index is 339. The summed E-state index contributed by atoms with van der Waals surface area (Å²) in [4.78, 5) is 0. The van der Waals surface area contributed by atoms with Crippen LogP contribution in [0.2, 0.25) is 0 Å². The van der Waals surface area contributed by atoms with E-state index < -0.39 is 0 Å². The Morgan fingerprint density at radius 1 is 1.31 bits per heavy atom. The second kappa shape index (κ2) is 4.60. The molecule has 0 aromatic carbocycles. The van der Waals surface area contributed by atoms with E-state index in [4.69, 9.17) is 9.15 Å². The minimum absolute atomic E-state index is 0.703. The highest BCUT2D eigenvalue weighted by molar-refractivity contribution is 5.16. The maximum Gasteiger partial charge on any atom is 0.123 e. The topological polar surface area (TPSA) is 34.4 Å². The number of furan rings is 1. The molecule has 0 amide bonds. The molecule has 1 N–H and O–H groups in total. The lowest BCUT2D eigenvalue weighted by Gasteiger charge is -2.04. The first-order valence-corrected chi connectivity index (χ1v) is 6.28. The van der Waals surface area contributed by atoms with E-state index in [1.165, 1.54) is 31.2 Å². The van der Waals surface area contributed by atoms with Crippen LogP contribution in [-0.4, -0.2) is 12.6 Å². The van der Waals surface area contributed by atoms with Crippen LogP contribution in [0.15, 0.2) is 16.7 Å². The summed E-state index contributed by atoms with van der Waals surface area (Å²) in [6.45, 7) is 2.47. The lowest BCUT2D eigenvalue weighted by Crippen LogP contribution is -2.15. The summed E-state index contributed by atoms with van der Waals surface area (Å²) in [5.41, 5.74) is 1.20. The van der Waals surface area contributed by atoms with E-state index in [1.807, 2.05) is 6.07 Å². The van der Waals surface area contributed by atoms with E-state index in [0.717, 1.165) is 30.9 Å². The molecule has 0 saturated heterocycles. The van der Waals surface area contributed by atoms with Crippen molar-refractivity contribution in [2.24, 2.45) is 5.92 Å². The van der Waals surface area contributed by atoms with Gasteiger partial charge in [-0.25, -0.2) is 0 Å². The smallest absolute Gasteiger partial charge is 0.123 e. The SMILES string of the molecule is c1cc(COCC2CC2)c(CNC2CC2)o1. The van der Waals surface area contributed by atoms with Crippen LogP contribution in [0.25, 0.3) is 0 Å². The lowest BCUT2D eigenvalue weighted by atomic mass is 10.2. The van der Waals surface area contributed by atoms with Gasteiger partial charge in [-0.1, -0.05) is 0 Å². The molecule has 2 aliphatic carbocycles. The van der Waals surface area contributed by atoms with E-state index in [1.54, 1.807) is 6.26 Å². The molecule has 3 rings (SSSR count). The Morgan fingerprint density at radius 3 is 2.94 bits per heavy atom. The van der Waals surface area contributed by atoms with Crippen molar-refractivity contribution < 1.29 is 9.15 Å². The lowest BCUT2D eigenvalue weighted by molar-refractivity contribution is 0.110. The summed E-state index contributed by atoms with van der Waals surface area (Å²) in [6.07, 6.45) is 7.09. The summed E-state index contributed by atoms with van der Waals surface area (Å²) < 4.78 is 11.2. The molecule has 0 unspecified atom stereocenters. The van der Waals surface area contributed by atoms with Crippen LogP contribution in [0.3, 0.4) is 0 Å². The van der Waals surface area contributed by atoms with Gasteiger partial charge in [-0.3, -0.25) is 0 Å². The number of hydrogen-bond acceptors (Lipinski definition) is 3. The first-order chi connectivity index (χ1) is 7.92. The number of ether oxygens (including phenoxy) is 1. The van der Waals surface area contributed by atoms with Gasteiger partial charge in [0, 0.05) is 18.2 Å². The van der Waals surface area contributed by atoms with Crippen LogP contribution in [0.1, 0.15) is 37.0 Å². The van der Waals surface area contributed by atoms with Crippen LogP contribution >= 0.6 is 0 Å². The Kier molecular flexibility index (Phi) is 2.98. The second-order valence-electron chi connectivity index (χ2n) is 4.98. The van der Waals surface area contributed by atoms with Crippen LogP contribution < -0.4 is 5.32 Å². The molecule has 2 saturated carbocycles. The fourth-order valence-electron chi connectivity index (χ4n) is 1.80. The summed E-state index contributed by atoms with van der Waals surface area (Å²) >= 11 is 0. The van der Waals surface area contributed by atoms with Gasteiger partial charge >= 0.3 is 0 Å². The van der Waals surface area contributed by atoms with E-state index in [2.05, 4.69) is 5.32 Å². The molecule has 0 spiro atoms. The van der Waals surface area contributed by atoms with Crippen LogP contribution in [0, 0.1) is 5.92 Å². The molecule has 2 fully saturated rings. The highest BCUT2D eigenvalue weighted by atomic mass is 16.5. The molecule has 1 heterocycles. The predicted octanol–water partition coefficient (Wildman–Crippen LogP) is 2.46. The van der Waals surface area contributed by atoms with E-state index >= 15 is 0 Å². The monoisotopic (exact) mass is 221 g/mol. The fourth-order valence-corrected chi connectivity index (χ4v) is 1.80. The van der Waals surface area contributed by atoms with E-state index in [0.29, 0.717) is 6.61 Å². The average Bonchev–Trinajstić information content (AvgIpc) is 3.18. The fraction of sp³-hybridized carbons (Fsp3) is 0.692. The van der Waals surface area contributed by atoms with Crippen molar-refractivity contribution in [1.82, 2.24) is 5.32 Å². The summed E-state index contributed by atoms with van der Waals surface area (Å²) in [6, 6.07) is 2.75. The largest absolute Gasteiger partial charge is 0.468 e. The highest BCUT2D eigenvalue weighted by Crippen LogP contribution is 2.29. The second-order valence-corrected chi connectivity index (χ2v) is 4.98. The van der Waals surface area contributed by atoms with Crippen molar-refractivity contribution in [3.8, 4) is 0 Å². The summed E-state index contributed by atoms with van der Waals surface area (Å²) in [7, 11) is 0. The minimum Gasteiger partial charge on any atom is -0.468 e. The third kappa shape index (κ3) is 2.86. The molecule has 16 heavy (non-hydrogen) atoms. The molecule has 0 radical (unpaired) electrons. The molecule has 1 aromatic rings.